The molecule has 2 aliphatic rings. The topological polar surface area (TPSA) is 24.5 Å². The van der Waals surface area contributed by atoms with Crippen LogP contribution in [0.15, 0.2) is 22.7 Å². The molecule has 21 heavy (non-hydrogen) atoms. The molecule has 1 aromatic rings. The Labute approximate surface area is 136 Å². The predicted octanol–water partition coefficient (Wildman–Crippen LogP) is 3.74. The van der Waals surface area contributed by atoms with Gasteiger partial charge in [0.1, 0.15) is 5.75 Å². The Bertz CT molecular complexity index is 490. The first-order valence-electron chi connectivity index (χ1n) is 8.02. The van der Waals surface area contributed by atoms with Gasteiger partial charge in [0.25, 0.3) is 0 Å². The molecule has 4 heteroatoms. The number of nitrogens with one attached hydrogen (secondary N) is 1. The summed E-state index contributed by atoms with van der Waals surface area (Å²) in [6.07, 6.45) is 5.00. The van der Waals surface area contributed by atoms with E-state index < -0.39 is 0 Å². The maximum atomic E-state index is 5.88. The molecule has 0 bridgehead atoms. The van der Waals surface area contributed by atoms with Crippen LogP contribution < -0.4 is 10.1 Å². The van der Waals surface area contributed by atoms with Crippen LogP contribution in [0.2, 0.25) is 0 Å². The quantitative estimate of drug-likeness (QED) is 0.873. The van der Waals surface area contributed by atoms with Crippen LogP contribution in [0.1, 0.15) is 44.2 Å². The summed E-state index contributed by atoms with van der Waals surface area (Å²) in [5.74, 6) is 1.03. The third kappa shape index (κ3) is 3.79. The molecule has 2 unspecified atom stereocenters. The van der Waals surface area contributed by atoms with E-state index in [-0.39, 0.29) is 0 Å². The standard InChI is InChI=1S/C17H25BrN2O/c1-12(20(2)14-6-7-14)11-19-16-4-3-9-21-17-10-13(18)5-8-15(16)17/h5,8,10,12,14,16,19H,3-4,6-7,9,11H2,1-2H3. The van der Waals surface area contributed by atoms with Gasteiger partial charge in [-0.25, -0.2) is 0 Å². The minimum Gasteiger partial charge on any atom is -0.493 e. The highest BCUT2D eigenvalue weighted by atomic mass is 79.9. The van der Waals surface area contributed by atoms with E-state index in [1.165, 1.54) is 18.4 Å². The largest absolute Gasteiger partial charge is 0.493 e. The molecule has 116 valence electrons. The molecule has 0 aromatic heterocycles. The highest BCUT2D eigenvalue weighted by Crippen LogP contribution is 2.34. The van der Waals surface area contributed by atoms with Crippen molar-refractivity contribution in [3.63, 3.8) is 0 Å². The Morgan fingerprint density at radius 1 is 1.38 bits per heavy atom. The average Bonchev–Trinajstić information content (AvgIpc) is 3.31. The zero-order valence-electron chi connectivity index (χ0n) is 12.9. The van der Waals surface area contributed by atoms with Gasteiger partial charge in [-0.3, -0.25) is 4.90 Å². The van der Waals surface area contributed by atoms with E-state index in [1.807, 2.05) is 0 Å². The fourth-order valence-corrected chi connectivity index (χ4v) is 3.40. The van der Waals surface area contributed by atoms with E-state index in [2.05, 4.69) is 58.3 Å². The first-order valence-corrected chi connectivity index (χ1v) is 8.82. The second kappa shape index (κ2) is 6.67. The lowest BCUT2D eigenvalue weighted by molar-refractivity contribution is 0.234. The van der Waals surface area contributed by atoms with Crippen LogP contribution in [0, 0.1) is 0 Å². The highest BCUT2D eigenvalue weighted by molar-refractivity contribution is 9.10. The summed E-state index contributed by atoms with van der Waals surface area (Å²) in [7, 11) is 2.26. The molecular weight excluding hydrogens is 328 g/mol. The summed E-state index contributed by atoms with van der Waals surface area (Å²) < 4.78 is 6.97. The maximum absolute atomic E-state index is 5.88. The number of likely N-dealkylation sites (N-methyl/N-ethyl adjacent to an activating group) is 1. The van der Waals surface area contributed by atoms with Gasteiger partial charge in [0.15, 0.2) is 0 Å². The van der Waals surface area contributed by atoms with Crippen molar-refractivity contribution in [1.82, 2.24) is 10.2 Å². The normalized spacial score (nSPS) is 23.3. The summed E-state index contributed by atoms with van der Waals surface area (Å²) in [4.78, 5) is 2.52. The minimum atomic E-state index is 0.408. The minimum absolute atomic E-state index is 0.408. The first-order chi connectivity index (χ1) is 10.1. The van der Waals surface area contributed by atoms with Crippen LogP contribution in [0.3, 0.4) is 0 Å². The zero-order valence-corrected chi connectivity index (χ0v) is 14.5. The maximum Gasteiger partial charge on any atom is 0.125 e. The van der Waals surface area contributed by atoms with Crippen molar-refractivity contribution in [3.8, 4) is 5.75 Å². The van der Waals surface area contributed by atoms with Gasteiger partial charge >= 0.3 is 0 Å². The van der Waals surface area contributed by atoms with Crippen LogP contribution in [-0.4, -0.2) is 37.2 Å². The van der Waals surface area contributed by atoms with Gasteiger partial charge in [-0.2, -0.15) is 0 Å². The lowest BCUT2D eigenvalue weighted by Gasteiger charge is -2.27. The van der Waals surface area contributed by atoms with Gasteiger partial charge in [-0.05, 0) is 51.8 Å². The van der Waals surface area contributed by atoms with Crippen molar-refractivity contribution in [1.29, 1.82) is 0 Å². The van der Waals surface area contributed by atoms with E-state index in [0.29, 0.717) is 12.1 Å². The smallest absolute Gasteiger partial charge is 0.125 e. The van der Waals surface area contributed by atoms with Crippen molar-refractivity contribution >= 4 is 15.9 Å². The number of hydrogen-bond donors (Lipinski definition) is 1. The number of nitrogens with zero attached hydrogens (tertiary/aromatic N) is 1. The molecule has 1 aromatic carbocycles. The Morgan fingerprint density at radius 3 is 2.95 bits per heavy atom. The monoisotopic (exact) mass is 352 g/mol. The number of hydrogen-bond acceptors (Lipinski definition) is 3. The molecule has 1 heterocycles. The van der Waals surface area contributed by atoms with Crippen LogP contribution >= 0.6 is 15.9 Å². The molecule has 1 fully saturated rings. The van der Waals surface area contributed by atoms with E-state index >= 15 is 0 Å². The lowest BCUT2D eigenvalue weighted by Crippen LogP contribution is -2.40. The van der Waals surface area contributed by atoms with Crippen molar-refractivity contribution < 1.29 is 4.74 Å². The molecule has 0 radical (unpaired) electrons. The molecule has 0 amide bonds. The van der Waals surface area contributed by atoms with E-state index in [4.69, 9.17) is 4.74 Å². The van der Waals surface area contributed by atoms with E-state index in [0.717, 1.165) is 42.3 Å². The van der Waals surface area contributed by atoms with Crippen molar-refractivity contribution in [2.75, 3.05) is 20.2 Å². The van der Waals surface area contributed by atoms with Gasteiger partial charge in [0.05, 0.1) is 6.61 Å². The van der Waals surface area contributed by atoms with Gasteiger partial charge in [0.2, 0.25) is 0 Å². The SMILES string of the molecule is CC(CNC1CCCOc2cc(Br)ccc21)N(C)C1CC1. The van der Waals surface area contributed by atoms with Crippen LogP contribution in [0.25, 0.3) is 0 Å². The second-order valence-corrected chi connectivity index (χ2v) is 7.30. The lowest BCUT2D eigenvalue weighted by atomic mass is 10.0. The molecule has 3 rings (SSSR count). The molecule has 1 N–H and O–H groups in total. The predicted molar refractivity (Wildman–Crippen MR) is 89.9 cm³/mol. The number of ether oxygens (including phenoxy) is 1. The Hall–Kier alpha value is -0.580. The molecule has 0 spiro atoms. The summed E-state index contributed by atoms with van der Waals surface area (Å²) in [5, 5.41) is 3.76. The first kappa shape index (κ1) is 15.3. The summed E-state index contributed by atoms with van der Waals surface area (Å²) in [6, 6.07) is 8.21. The van der Waals surface area contributed by atoms with Crippen molar-refractivity contribution in [2.24, 2.45) is 0 Å². The highest BCUT2D eigenvalue weighted by Gasteiger charge is 2.29. The third-order valence-corrected chi connectivity index (χ3v) is 5.22. The fraction of sp³-hybridized carbons (Fsp3) is 0.647. The second-order valence-electron chi connectivity index (χ2n) is 6.38. The molecule has 3 nitrogen and oxygen atoms in total. The number of halogens is 1. The van der Waals surface area contributed by atoms with Gasteiger partial charge in [0, 0.05) is 34.7 Å². The molecule has 1 aliphatic heterocycles. The number of benzene rings is 1. The Balaban J connectivity index is 1.64. The summed E-state index contributed by atoms with van der Waals surface area (Å²) >= 11 is 3.53. The Kier molecular flexibility index (Phi) is 4.87. The molecule has 1 aliphatic carbocycles. The average molecular weight is 353 g/mol. The Morgan fingerprint density at radius 2 is 2.19 bits per heavy atom. The molecular formula is C17H25BrN2O. The van der Waals surface area contributed by atoms with Gasteiger partial charge < -0.3 is 10.1 Å². The third-order valence-electron chi connectivity index (χ3n) is 4.72. The summed E-state index contributed by atoms with van der Waals surface area (Å²) in [5.41, 5.74) is 1.30. The molecule has 2 atom stereocenters. The van der Waals surface area contributed by atoms with Crippen LogP contribution in [0.4, 0.5) is 0 Å². The van der Waals surface area contributed by atoms with Crippen LogP contribution in [0.5, 0.6) is 5.75 Å². The fourth-order valence-electron chi connectivity index (χ4n) is 3.06. The van der Waals surface area contributed by atoms with Gasteiger partial charge in [-0.1, -0.05) is 22.0 Å². The number of rotatable bonds is 5. The number of fused-ring (bicyclic) bond motifs is 1. The van der Waals surface area contributed by atoms with Crippen LogP contribution in [-0.2, 0) is 0 Å². The molecule has 0 saturated heterocycles. The van der Waals surface area contributed by atoms with E-state index in [1.54, 1.807) is 0 Å². The molecule has 1 saturated carbocycles. The zero-order chi connectivity index (χ0) is 14.8. The van der Waals surface area contributed by atoms with E-state index in [9.17, 15) is 0 Å². The summed E-state index contributed by atoms with van der Waals surface area (Å²) in [6.45, 7) is 4.17. The van der Waals surface area contributed by atoms with Gasteiger partial charge in [-0.15, -0.1) is 0 Å². The van der Waals surface area contributed by atoms with Crippen molar-refractivity contribution in [2.45, 2.75) is 50.7 Å². The van der Waals surface area contributed by atoms with Crippen molar-refractivity contribution in [3.05, 3.63) is 28.2 Å².